The molecule has 7 unspecified atom stereocenters. The average molecular weight is 579 g/mol. The summed E-state index contributed by atoms with van der Waals surface area (Å²) in [6.07, 6.45) is -5.88. The molecule has 11 nitrogen and oxygen atoms in total. The molecule has 0 aliphatic carbocycles. The van der Waals surface area contributed by atoms with Gasteiger partial charge in [-0.2, -0.15) is 0 Å². The molecule has 3 fully saturated rings. The van der Waals surface area contributed by atoms with Gasteiger partial charge in [-0.05, 0) is 24.3 Å². The monoisotopic (exact) mass is 578 g/mol. The zero-order valence-electron chi connectivity index (χ0n) is 24.2. The molecule has 0 bridgehead atoms. The van der Waals surface area contributed by atoms with Crippen LogP contribution in [0.15, 0.2) is 48.5 Å². The van der Waals surface area contributed by atoms with E-state index in [0.29, 0.717) is 0 Å². The highest BCUT2D eigenvalue weighted by Gasteiger charge is 2.46. The van der Waals surface area contributed by atoms with Crippen LogP contribution < -0.4 is 9.47 Å². The first-order valence-corrected chi connectivity index (χ1v) is 14.0. The topological polar surface area (TPSA) is 124 Å². The summed E-state index contributed by atoms with van der Waals surface area (Å²) in [4.78, 5) is 0. The Kier molecular flexibility index (Phi) is 11.7. The van der Waals surface area contributed by atoms with Crippen LogP contribution in [0.25, 0.3) is 0 Å². The van der Waals surface area contributed by atoms with Crippen LogP contribution in [0.5, 0.6) is 11.5 Å². The third-order valence-corrected chi connectivity index (χ3v) is 7.06. The SMILES string of the molecule is CC.COc1ccc(C(OC)OC2COC(O[C@@H]3CC(O)[C@@H]4OC(c5ccc(OC)cc5)OCC4O3)C(O)C2)cc1. The Bertz CT molecular complexity index is 1030. The third-order valence-electron chi connectivity index (χ3n) is 7.06. The molecule has 228 valence electrons. The Hall–Kier alpha value is -2.32. The number of hydrogen-bond acceptors (Lipinski definition) is 11. The highest BCUT2D eigenvalue weighted by atomic mass is 16.8. The van der Waals surface area contributed by atoms with Gasteiger partial charge in [0.25, 0.3) is 0 Å². The van der Waals surface area contributed by atoms with E-state index in [4.69, 9.17) is 42.6 Å². The van der Waals surface area contributed by atoms with Gasteiger partial charge in [0.2, 0.25) is 0 Å². The van der Waals surface area contributed by atoms with E-state index in [0.717, 1.165) is 22.6 Å². The Morgan fingerprint density at radius 2 is 1.44 bits per heavy atom. The molecular weight excluding hydrogens is 536 g/mol. The normalized spacial score (nSPS) is 32.2. The van der Waals surface area contributed by atoms with E-state index in [1.54, 1.807) is 21.3 Å². The van der Waals surface area contributed by atoms with Gasteiger partial charge in [0.15, 0.2) is 25.2 Å². The Morgan fingerprint density at radius 3 is 2.05 bits per heavy atom. The van der Waals surface area contributed by atoms with Crippen LogP contribution in [0, 0.1) is 0 Å². The second kappa shape index (κ2) is 15.2. The minimum atomic E-state index is -0.964. The van der Waals surface area contributed by atoms with Gasteiger partial charge in [-0.15, -0.1) is 0 Å². The van der Waals surface area contributed by atoms with E-state index in [9.17, 15) is 10.2 Å². The minimum absolute atomic E-state index is 0.159. The van der Waals surface area contributed by atoms with E-state index in [1.165, 1.54) is 0 Å². The summed E-state index contributed by atoms with van der Waals surface area (Å²) in [6.45, 7) is 4.40. The van der Waals surface area contributed by atoms with Crippen molar-refractivity contribution in [2.75, 3.05) is 34.5 Å². The van der Waals surface area contributed by atoms with Crippen LogP contribution in [0.4, 0.5) is 0 Å². The molecule has 3 saturated heterocycles. The van der Waals surface area contributed by atoms with Crippen LogP contribution in [0.2, 0.25) is 0 Å². The summed E-state index contributed by atoms with van der Waals surface area (Å²) in [5.74, 6) is 1.46. The second-order valence-corrected chi connectivity index (χ2v) is 9.69. The van der Waals surface area contributed by atoms with Crippen LogP contribution in [-0.2, 0) is 33.2 Å². The summed E-state index contributed by atoms with van der Waals surface area (Å²) >= 11 is 0. The van der Waals surface area contributed by atoms with Crippen molar-refractivity contribution in [2.45, 2.75) is 82.4 Å². The van der Waals surface area contributed by atoms with Gasteiger partial charge in [-0.1, -0.05) is 38.1 Å². The molecule has 0 radical (unpaired) electrons. The van der Waals surface area contributed by atoms with Crippen LogP contribution in [0.1, 0.15) is 50.4 Å². The van der Waals surface area contributed by atoms with Crippen molar-refractivity contribution in [3.8, 4) is 11.5 Å². The predicted octanol–water partition coefficient (Wildman–Crippen LogP) is 3.47. The fraction of sp³-hybridized carbons (Fsp3) is 0.600. The molecule has 3 aliphatic heterocycles. The summed E-state index contributed by atoms with van der Waals surface area (Å²) in [6, 6.07) is 14.7. The van der Waals surface area contributed by atoms with Gasteiger partial charge in [-0.3, -0.25) is 0 Å². The number of fused-ring (bicyclic) bond motifs is 1. The number of benzene rings is 2. The van der Waals surface area contributed by atoms with Gasteiger partial charge in [-0.25, -0.2) is 0 Å². The van der Waals surface area contributed by atoms with Gasteiger partial charge in [0, 0.05) is 31.1 Å². The lowest BCUT2D eigenvalue weighted by Crippen LogP contribution is -2.56. The number of hydrogen-bond donors (Lipinski definition) is 2. The molecule has 0 aromatic heterocycles. The lowest BCUT2D eigenvalue weighted by Gasteiger charge is -2.45. The molecule has 2 N–H and O–H groups in total. The van der Waals surface area contributed by atoms with Crippen molar-refractivity contribution in [2.24, 2.45) is 0 Å². The van der Waals surface area contributed by atoms with Crippen molar-refractivity contribution < 1.29 is 52.8 Å². The van der Waals surface area contributed by atoms with Crippen molar-refractivity contribution >= 4 is 0 Å². The van der Waals surface area contributed by atoms with E-state index in [-0.39, 0.29) is 26.1 Å². The van der Waals surface area contributed by atoms with Gasteiger partial charge >= 0.3 is 0 Å². The molecule has 5 rings (SSSR count). The number of ether oxygens (including phenoxy) is 9. The molecule has 0 spiro atoms. The van der Waals surface area contributed by atoms with E-state index < -0.39 is 55.7 Å². The number of rotatable bonds is 9. The standard InChI is InChI=1S/C28H36O11.C2H6/c1-31-18-8-4-16(5-9-18)26(33-3)36-20-12-22(30)28(34-14-20)38-24-13-21(29)25-23(37-24)15-35-27(39-25)17-6-10-19(32-2)11-7-17;1-2/h4-11,20-30H,12-15H2,1-3H3;1-2H3/t20?,21?,22?,23?,24-,25+,26?,27?,28?;/m1./s1. The van der Waals surface area contributed by atoms with Crippen molar-refractivity contribution in [3.63, 3.8) is 0 Å². The summed E-state index contributed by atoms with van der Waals surface area (Å²) in [5, 5.41) is 21.5. The molecule has 2 aromatic carbocycles. The summed E-state index contributed by atoms with van der Waals surface area (Å²) in [5.41, 5.74) is 1.63. The number of aliphatic hydroxyl groups excluding tert-OH is 2. The lowest BCUT2D eigenvalue weighted by atomic mass is 10.00. The zero-order chi connectivity index (χ0) is 29.4. The fourth-order valence-corrected chi connectivity index (χ4v) is 4.95. The predicted molar refractivity (Wildman–Crippen MR) is 146 cm³/mol. The zero-order valence-corrected chi connectivity index (χ0v) is 24.2. The second-order valence-electron chi connectivity index (χ2n) is 9.69. The Morgan fingerprint density at radius 1 is 0.780 bits per heavy atom. The Balaban J connectivity index is 0.00000189. The number of methoxy groups -OCH3 is 3. The smallest absolute Gasteiger partial charge is 0.186 e. The maximum atomic E-state index is 10.8. The summed E-state index contributed by atoms with van der Waals surface area (Å²) < 4.78 is 51.5. The first-order chi connectivity index (χ1) is 20.0. The van der Waals surface area contributed by atoms with Crippen LogP contribution in [-0.4, -0.2) is 87.9 Å². The molecule has 11 heteroatoms. The van der Waals surface area contributed by atoms with Crippen molar-refractivity contribution in [3.05, 3.63) is 59.7 Å². The number of aliphatic hydroxyl groups is 2. The quantitative estimate of drug-likeness (QED) is 0.425. The largest absolute Gasteiger partial charge is 0.497 e. The van der Waals surface area contributed by atoms with Gasteiger partial charge in [0.05, 0.1) is 39.6 Å². The minimum Gasteiger partial charge on any atom is -0.497 e. The molecule has 0 saturated carbocycles. The molecule has 9 atom stereocenters. The molecule has 3 heterocycles. The third kappa shape index (κ3) is 7.95. The lowest BCUT2D eigenvalue weighted by molar-refractivity contribution is -0.368. The molecule has 41 heavy (non-hydrogen) atoms. The molecular formula is C30H42O11. The van der Waals surface area contributed by atoms with Crippen molar-refractivity contribution in [1.29, 1.82) is 0 Å². The maximum Gasteiger partial charge on any atom is 0.186 e. The highest BCUT2D eigenvalue weighted by Crippen LogP contribution is 2.36. The van der Waals surface area contributed by atoms with E-state index in [2.05, 4.69) is 0 Å². The van der Waals surface area contributed by atoms with Gasteiger partial charge in [0.1, 0.15) is 29.8 Å². The van der Waals surface area contributed by atoms with Crippen molar-refractivity contribution in [1.82, 2.24) is 0 Å². The van der Waals surface area contributed by atoms with E-state index >= 15 is 0 Å². The average Bonchev–Trinajstić information content (AvgIpc) is 3.02. The summed E-state index contributed by atoms with van der Waals surface area (Å²) in [7, 11) is 4.76. The van der Waals surface area contributed by atoms with Crippen LogP contribution >= 0.6 is 0 Å². The molecule has 3 aliphatic rings. The Labute approximate surface area is 241 Å². The molecule has 2 aromatic rings. The first kappa shape index (κ1) is 31.6. The van der Waals surface area contributed by atoms with Gasteiger partial charge < -0.3 is 52.8 Å². The molecule has 0 amide bonds. The van der Waals surface area contributed by atoms with E-state index in [1.807, 2.05) is 62.4 Å². The van der Waals surface area contributed by atoms with Crippen LogP contribution in [0.3, 0.4) is 0 Å². The fourth-order valence-electron chi connectivity index (χ4n) is 4.95. The first-order valence-electron chi connectivity index (χ1n) is 14.0. The maximum absolute atomic E-state index is 10.8. The highest BCUT2D eigenvalue weighted by molar-refractivity contribution is 5.28.